The zero-order valence-corrected chi connectivity index (χ0v) is 10.8. The van der Waals surface area contributed by atoms with Gasteiger partial charge in [-0.2, -0.15) is 0 Å². The van der Waals surface area contributed by atoms with Crippen LogP contribution in [0.1, 0.15) is 44.5 Å². The molecule has 0 spiro atoms. The number of ketones is 1. The summed E-state index contributed by atoms with van der Waals surface area (Å²) in [5, 5.41) is 2.84. The fraction of sp³-hybridized carbons (Fsp3) is 0.429. The van der Waals surface area contributed by atoms with Gasteiger partial charge >= 0.3 is 0 Å². The van der Waals surface area contributed by atoms with Crippen molar-refractivity contribution in [3.05, 3.63) is 29.8 Å². The summed E-state index contributed by atoms with van der Waals surface area (Å²) in [5.74, 6) is -0.0310. The van der Waals surface area contributed by atoms with Gasteiger partial charge in [-0.1, -0.05) is 32.9 Å². The van der Waals surface area contributed by atoms with Gasteiger partial charge in [0.15, 0.2) is 5.78 Å². The predicted molar refractivity (Wildman–Crippen MR) is 69.1 cm³/mol. The Kier molecular flexibility index (Phi) is 4.05. The highest BCUT2D eigenvalue weighted by Crippen LogP contribution is 2.22. The van der Waals surface area contributed by atoms with E-state index in [9.17, 15) is 9.59 Å². The lowest BCUT2D eigenvalue weighted by Crippen LogP contribution is -2.30. The third-order valence-electron chi connectivity index (χ3n) is 3.03. The summed E-state index contributed by atoms with van der Waals surface area (Å²) >= 11 is 0. The first-order chi connectivity index (χ1) is 7.86. The molecule has 0 aliphatic carbocycles. The molecule has 0 bridgehead atoms. The van der Waals surface area contributed by atoms with Gasteiger partial charge in [-0.3, -0.25) is 9.59 Å². The Labute approximate surface area is 102 Å². The Bertz CT molecular complexity index is 436. The number of nitrogens with one attached hydrogen (secondary N) is 1. The van der Waals surface area contributed by atoms with E-state index in [4.69, 9.17) is 0 Å². The van der Waals surface area contributed by atoms with E-state index < -0.39 is 5.41 Å². The Hall–Kier alpha value is -1.64. The van der Waals surface area contributed by atoms with Gasteiger partial charge in [0.05, 0.1) is 0 Å². The summed E-state index contributed by atoms with van der Waals surface area (Å²) in [6, 6.07) is 7.00. The summed E-state index contributed by atoms with van der Waals surface area (Å²) in [4.78, 5) is 23.2. The lowest BCUT2D eigenvalue weighted by Gasteiger charge is -2.21. The average molecular weight is 233 g/mol. The van der Waals surface area contributed by atoms with Crippen LogP contribution in [0.4, 0.5) is 5.69 Å². The molecule has 1 aromatic carbocycles. The van der Waals surface area contributed by atoms with E-state index in [0.29, 0.717) is 11.3 Å². The van der Waals surface area contributed by atoms with Crippen LogP contribution in [-0.2, 0) is 4.79 Å². The van der Waals surface area contributed by atoms with Crippen LogP contribution in [-0.4, -0.2) is 11.7 Å². The second-order valence-electron chi connectivity index (χ2n) is 4.83. The van der Waals surface area contributed by atoms with Crippen molar-refractivity contribution in [3.63, 3.8) is 0 Å². The Morgan fingerprint density at radius 2 is 1.94 bits per heavy atom. The summed E-state index contributed by atoms with van der Waals surface area (Å²) in [7, 11) is 0. The first kappa shape index (κ1) is 13.4. The molecule has 3 heteroatoms. The standard InChI is InChI=1S/C14H19NO2/c1-5-14(3,4)13(17)15-12-8-6-7-11(9-12)10(2)16/h6-9H,5H2,1-4H3,(H,15,17). The van der Waals surface area contributed by atoms with Crippen molar-refractivity contribution in [1.82, 2.24) is 0 Å². The Morgan fingerprint density at radius 1 is 1.29 bits per heavy atom. The third kappa shape index (κ3) is 3.41. The highest BCUT2D eigenvalue weighted by Gasteiger charge is 2.25. The van der Waals surface area contributed by atoms with E-state index in [1.807, 2.05) is 20.8 Å². The monoisotopic (exact) mass is 233 g/mol. The molecule has 17 heavy (non-hydrogen) atoms. The molecule has 0 aliphatic rings. The fourth-order valence-electron chi connectivity index (χ4n) is 1.28. The molecule has 0 fully saturated rings. The highest BCUT2D eigenvalue weighted by molar-refractivity contribution is 5.98. The van der Waals surface area contributed by atoms with E-state index in [0.717, 1.165) is 6.42 Å². The molecule has 0 atom stereocenters. The van der Waals surface area contributed by atoms with Gasteiger partial charge in [0.25, 0.3) is 0 Å². The molecule has 0 aromatic heterocycles. The Morgan fingerprint density at radius 3 is 2.47 bits per heavy atom. The first-order valence-corrected chi connectivity index (χ1v) is 5.79. The quantitative estimate of drug-likeness (QED) is 0.811. The van der Waals surface area contributed by atoms with Gasteiger partial charge in [0.2, 0.25) is 5.91 Å². The van der Waals surface area contributed by atoms with Crippen molar-refractivity contribution >= 4 is 17.4 Å². The molecule has 0 heterocycles. The van der Waals surface area contributed by atoms with E-state index >= 15 is 0 Å². The number of Topliss-reactive ketones (excluding diaryl/α,β-unsaturated/α-hetero) is 1. The van der Waals surface area contributed by atoms with Gasteiger partial charge in [-0.05, 0) is 25.5 Å². The smallest absolute Gasteiger partial charge is 0.230 e. The average Bonchev–Trinajstić information content (AvgIpc) is 2.29. The molecule has 1 aromatic rings. The molecule has 1 rings (SSSR count). The van der Waals surface area contributed by atoms with Crippen molar-refractivity contribution in [3.8, 4) is 0 Å². The van der Waals surface area contributed by atoms with E-state index in [-0.39, 0.29) is 11.7 Å². The van der Waals surface area contributed by atoms with Crippen LogP contribution in [0.3, 0.4) is 0 Å². The van der Waals surface area contributed by atoms with Crippen LogP contribution in [0, 0.1) is 5.41 Å². The van der Waals surface area contributed by atoms with Gasteiger partial charge in [-0.25, -0.2) is 0 Å². The molecule has 3 nitrogen and oxygen atoms in total. The predicted octanol–water partition coefficient (Wildman–Crippen LogP) is 3.26. The number of carbonyl (C=O) groups excluding carboxylic acids is 2. The van der Waals surface area contributed by atoms with Gasteiger partial charge < -0.3 is 5.32 Å². The van der Waals surface area contributed by atoms with Crippen LogP contribution in [0.2, 0.25) is 0 Å². The van der Waals surface area contributed by atoms with Gasteiger partial charge in [-0.15, -0.1) is 0 Å². The van der Waals surface area contributed by atoms with Crippen molar-refractivity contribution in [2.24, 2.45) is 5.41 Å². The van der Waals surface area contributed by atoms with E-state index in [2.05, 4.69) is 5.32 Å². The van der Waals surface area contributed by atoms with Crippen molar-refractivity contribution < 1.29 is 9.59 Å². The zero-order chi connectivity index (χ0) is 13.1. The molecular formula is C14H19NO2. The molecule has 0 saturated heterocycles. The minimum Gasteiger partial charge on any atom is -0.326 e. The molecule has 0 saturated carbocycles. The van der Waals surface area contributed by atoms with Crippen LogP contribution in [0.15, 0.2) is 24.3 Å². The van der Waals surface area contributed by atoms with Crippen molar-refractivity contribution in [2.45, 2.75) is 34.1 Å². The molecule has 92 valence electrons. The molecule has 1 amide bonds. The summed E-state index contributed by atoms with van der Waals surface area (Å²) < 4.78 is 0. The zero-order valence-electron chi connectivity index (χ0n) is 10.8. The maximum absolute atomic E-state index is 12.0. The number of carbonyl (C=O) groups is 2. The number of rotatable bonds is 4. The first-order valence-electron chi connectivity index (χ1n) is 5.79. The van der Waals surface area contributed by atoms with Gasteiger partial charge in [0.1, 0.15) is 0 Å². The summed E-state index contributed by atoms with van der Waals surface area (Å²) in [5.41, 5.74) is 0.882. The second kappa shape index (κ2) is 5.13. The van der Waals surface area contributed by atoms with E-state index in [1.54, 1.807) is 24.3 Å². The van der Waals surface area contributed by atoms with Gasteiger partial charge in [0, 0.05) is 16.7 Å². The largest absolute Gasteiger partial charge is 0.326 e. The number of amides is 1. The molecule has 1 N–H and O–H groups in total. The Balaban J connectivity index is 2.86. The number of benzene rings is 1. The van der Waals surface area contributed by atoms with Crippen molar-refractivity contribution in [1.29, 1.82) is 0 Å². The summed E-state index contributed by atoms with van der Waals surface area (Å²) in [6.07, 6.45) is 0.769. The second-order valence-corrected chi connectivity index (χ2v) is 4.83. The van der Waals surface area contributed by atoms with Crippen LogP contribution >= 0.6 is 0 Å². The summed E-state index contributed by atoms with van der Waals surface area (Å²) in [6.45, 7) is 7.29. The normalized spacial score (nSPS) is 11.1. The number of hydrogen-bond donors (Lipinski definition) is 1. The molecule has 0 aliphatic heterocycles. The lowest BCUT2D eigenvalue weighted by molar-refractivity contribution is -0.124. The minimum atomic E-state index is -0.397. The topological polar surface area (TPSA) is 46.2 Å². The maximum atomic E-state index is 12.0. The van der Waals surface area contributed by atoms with Crippen LogP contribution in [0.5, 0.6) is 0 Å². The molecule has 0 radical (unpaired) electrons. The van der Waals surface area contributed by atoms with Crippen molar-refractivity contribution in [2.75, 3.05) is 5.32 Å². The highest BCUT2D eigenvalue weighted by atomic mass is 16.2. The number of anilines is 1. The third-order valence-corrected chi connectivity index (χ3v) is 3.03. The number of hydrogen-bond acceptors (Lipinski definition) is 2. The maximum Gasteiger partial charge on any atom is 0.230 e. The van der Waals surface area contributed by atoms with Crippen LogP contribution in [0.25, 0.3) is 0 Å². The fourth-order valence-corrected chi connectivity index (χ4v) is 1.28. The minimum absolute atomic E-state index is 0.00384. The SMILES string of the molecule is CCC(C)(C)C(=O)Nc1cccc(C(C)=O)c1. The molecular weight excluding hydrogens is 214 g/mol. The lowest BCUT2D eigenvalue weighted by atomic mass is 9.89. The van der Waals surface area contributed by atoms with E-state index in [1.165, 1.54) is 6.92 Å². The van der Waals surface area contributed by atoms with Crippen LogP contribution < -0.4 is 5.32 Å². The molecule has 0 unspecified atom stereocenters.